The van der Waals surface area contributed by atoms with Crippen molar-refractivity contribution in [1.29, 1.82) is 0 Å². The Balaban J connectivity index is 0.985. The molecular formula is C54H42N2. The van der Waals surface area contributed by atoms with E-state index in [1.807, 2.05) is 0 Å². The summed E-state index contributed by atoms with van der Waals surface area (Å²) in [6.45, 7) is 9.48. The monoisotopic (exact) mass is 718 g/mol. The second kappa shape index (κ2) is 11.9. The molecule has 0 radical (unpaired) electrons. The van der Waals surface area contributed by atoms with Crippen LogP contribution in [-0.4, -0.2) is 4.57 Å². The van der Waals surface area contributed by atoms with Gasteiger partial charge in [-0.15, -0.1) is 0 Å². The number of rotatable bonds is 5. The Kier molecular flexibility index (Phi) is 6.98. The molecular weight excluding hydrogens is 677 g/mol. The standard InChI is InChI=1S/C54H42N2/c1-53(2)47-21-13-11-19-41(47)42-30-28-40(32-49(42)53)55(37-15-7-5-8-16-37)39-26-23-35(24-27-39)36-25-29-43-45-34-52-46(33-50(45)54(3,4)48(43)31-36)44-20-12-14-22-51(44)56(52)38-17-9-6-10-18-38/h5-34H,1-4H3. The van der Waals surface area contributed by atoms with E-state index in [9.17, 15) is 0 Å². The van der Waals surface area contributed by atoms with Gasteiger partial charge in [0.25, 0.3) is 0 Å². The lowest BCUT2D eigenvalue weighted by atomic mass is 9.81. The zero-order chi connectivity index (χ0) is 37.8. The number of anilines is 3. The van der Waals surface area contributed by atoms with Crippen molar-refractivity contribution < 1.29 is 0 Å². The molecule has 0 atom stereocenters. The number of hydrogen-bond donors (Lipinski definition) is 0. The minimum atomic E-state index is -0.143. The van der Waals surface area contributed by atoms with E-state index < -0.39 is 0 Å². The summed E-state index contributed by atoms with van der Waals surface area (Å²) in [6.07, 6.45) is 0. The normalized spacial score (nSPS) is 14.4. The molecule has 8 aromatic carbocycles. The SMILES string of the molecule is CC1(C)c2ccccc2-c2ccc(N(c3ccccc3)c3ccc(-c4ccc5c(c4)C(C)(C)c4cc6c7ccccc7n(-c7ccccc7)c6cc4-5)cc3)cc21. The van der Waals surface area contributed by atoms with Crippen molar-refractivity contribution >= 4 is 38.9 Å². The molecule has 11 rings (SSSR count). The van der Waals surface area contributed by atoms with Gasteiger partial charge in [0.1, 0.15) is 0 Å². The summed E-state index contributed by atoms with van der Waals surface area (Å²) in [5, 5.41) is 2.60. The van der Waals surface area contributed by atoms with Gasteiger partial charge in [0.2, 0.25) is 0 Å². The number of fused-ring (bicyclic) bond motifs is 9. The topological polar surface area (TPSA) is 8.17 Å². The number of para-hydroxylation sites is 3. The molecule has 1 aromatic heterocycles. The highest BCUT2D eigenvalue weighted by atomic mass is 15.1. The Morgan fingerprint density at radius 1 is 0.357 bits per heavy atom. The molecule has 2 heteroatoms. The highest BCUT2D eigenvalue weighted by Crippen LogP contribution is 2.53. The van der Waals surface area contributed by atoms with Crippen LogP contribution in [0.4, 0.5) is 17.1 Å². The van der Waals surface area contributed by atoms with Crippen LogP contribution in [0.3, 0.4) is 0 Å². The van der Waals surface area contributed by atoms with Crippen molar-refractivity contribution in [1.82, 2.24) is 4.57 Å². The third-order valence-electron chi connectivity index (χ3n) is 12.8. The van der Waals surface area contributed by atoms with Crippen molar-refractivity contribution in [3.05, 3.63) is 204 Å². The van der Waals surface area contributed by atoms with Crippen molar-refractivity contribution in [3.8, 4) is 39.1 Å². The molecule has 0 fully saturated rings. The summed E-state index contributed by atoms with van der Waals surface area (Å²) in [7, 11) is 0. The third kappa shape index (κ3) is 4.69. The van der Waals surface area contributed by atoms with Crippen molar-refractivity contribution in [2.24, 2.45) is 0 Å². The predicted octanol–water partition coefficient (Wildman–Crippen LogP) is 14.5. The fraction of sp³-hybridized carbons (Fsp3) is 0.111. The average Bonchev–Trinajstić information content (AvgIpc) is 3.77. The molecule has 0 amide bonds. The van der Waals surface area contributed by atoms with Gasteiger partial charge in [0.15, 0.2) is 0 Å². The molecule has 56 heavy (non-hydrogen) atoms. The van der Waals surface area contributed by atoms with Crippen molar-refractivity contribution in [2.45, 2.75) is 38.5 Å². The quantitative estimate of drug-likeness (QED) is 0.172. The lowest BCUT2D eigenvalue weighted by Crippen LogP contribution is -2.16. The van der Waals surface area contributed by atoms with Gasteiger partial charge in [0, 0.05) is 44.4 Å². The van der Waals surface area contributed by atoms with Crippen LogP contribution < -0.4 is 4.90 Å². The van der Waals surface area contributed by atoms with Crippen LogP contribution in [0.1, 0.15) is 49.9 Å². The lowest BCUT2D eigenvalue weighted by Gasteiger charge is -2.28. The van der Waals surface area contributed by atoms with Gasteiger partial charge in [-0.2, -0.15) is 0 Å². The van der Waals surface area contributed by atoms with E-state index in [2.05, 4.69) is 219 Å². The van der Waals surface area contributed by atoms with Gasteiger partial charge >= 0.3 is 0 Å². The highest BCUT2D eigenvalue weighted by molar-refractivity contribution is 6.11. The van der Waals surface area contributed by atoms with Gasteiger partial charge in [-0.1, -0.05) is 137 Å². The number of hydrogen-bond acceptors (Lipinski definition) is 1. The maximum atomic E-state index is 2.47. The van der Waals surface area contributed by atoms with E-state index in [0.29, 0.717) is 0 Å². The molecule has 0 saturated heterocycles. The molecule has 2 aliphatic carbocycles. The summed E-state index contributed by atoms with van der Waals surface area (Å²) in [6, 6.07) is 67.4. The summed E-state index contributed by atoms with van der Waals surface area (Å²) >= 11 is 0. The van der Waals surface area contributed by atoms with Crippen molar-refractivity contribution in [2.75, 3.05) is 4.90 Å². The maximum Gasteiger partial charge on any atom is 0.0547 e. The molecule has 2 nitrogen and oxygen atoms in total. The largest absolute Gasteiger partial charge is 0.310 e. The van der Waals surface area contributed by atoms with E-state index in [0.717, 1.165) is 11.4 Å². The second-order valence-corrected chi connectivity index (χ2v) is 16.6. The molecule has 1 heterocycles. The predicted molar refractivity (Wildman–Crippen MR) is 236 cm³/mol. The van der Waals surface area contributed by atoms with Gasteiger partial charge in [-0.05, 0) is 128 Å². The van der Waals surface area contributed by atoms with Gasteiger partial charge in [-0.3, -0.25) is 0 Å². The van der Waals surface area contributed by atoms with E-state index in [-0.39, 0.29) is 10.8 Å². The fourth-order valence-electron chi connectivity index (χ4n) is 9.89. The number of nitrogens with zero attached hydrogens (tertiary/aromatic N) is 2. The molecule has 0 unspecified atom stereocenters. The Labute approximate surface area is 328 Å². The summed E-state index contributed by atoms with van der Waals surface area (Å²) < 4.78 is 2.42. The summed E-state index contributed by atoms with van der Waals surface area (Å²) in [4.78, 5) is 2.39. The van der Waals surface area contributed by atoms with E-state index in [4.69, 9.17) is 0 Å². The van der Waals surface area contributed by atoms with Gasteiger partial charge in [0.05, 0.1) is 11.0 Å². The first-order valence-corrected chi connectivity index (χ1v) is 19.8. The second-order valence-electron chi connectivity index (χ2n) is 16.6. The minimum Gasteiger partial charge on any atom is -0.310 e. The fourth-order valence-corrected chi connectivity index (χ4v) is 9.89. The summed E-state index contributed by atoms with van der Waals surface area (Å²) in [5.41, 5.74) is 20.3. The molecule has 268 valence electrons. The smallest absolute Gasteiger partial charge is 0.0547 e. The highest BCUT2D eigenvalue weighted by Gasteiger charge is 2.37. The molecule has 0 bridgehead atoms. The van der Waals surface area contributed by atoms with Crippen LogP contribution in [0.15, 0.2) is 182 Å². The zero-order valence-corrected chi connectivity index (χ0v) is 32.2. The Morgan fingerprint density at radius 3 is 1.71 bits per heavy atom. The van der Waals surface area contributed by atoms with Crippen LogP contribution >= 0.6 is 0 Å². The first-order chi connectivity index (χ1) is 27.3. The van der Waals surface area contributed by atoms with Gasteiger partial charge < -0.3 is 9.47 Å². The van der Waals surface area contributed by atoms with Crippen LogP contribution in [0.2, 0.25) is 0 Å². The average molecular weight is 719 g/mol. The van der Waals surface area contributed by atoms with Crippen LogP contribution in [0.25, 0.3) is 60.9 Å². The molecule has 9 aromatic rings. The van der Waals surface area contributed by atoms with Crippen molar-refractivity contribution in [3.63, 3.8) is 0 Å². The third-order valence-corrected chi connectivity index (χ3v) is 12.8. The maximum absolute atomic E-state index is 2.47. The van der Waals surface area contributed by atoms with Crippen LogP contribution in [0, 0.1) is 0 Å². The summed E-state index contributed by atoms with van der Waals surface area (Å²) in [5.74, 6) is 0. The lowest BCUT2D eigenvalue weighted by molar-refractivity contribution is 0.660. The van der Waals surface area contributed by atoms with E-state index in [1.165, 1.54) is 88.8 Å². The molecule has 0 aliphatic heterocycles. The van der Waals surface area contributed by atoms with E-state index >= 15 is 0 Å². The first-order valence-electron chi connectivity index (χ1n) is 19.8. The molecule has 2 aliphatic rings. The van der Waals surface area contributed by atoms with Crippen LogP contribution in [0.5, 0.6) is 0 Å². The molecule has 0 N–H and O–H groups in total. The zero-order valence-electron chi connectivity index (χ0n) is 32.2. The van der Waals surface area contributed by atoms with Gasteiger partial charge in [-0.25, -0.2) is 0 Å². The number of aromatic nitrogens is 1. The Hall–Kier alpha value is -6.64. The molecule has 0 spiro atoms. The first kappa shape index (κ1) is 32.8. The minimum absolute atomic E-state index is 0.0684. The Morgan fingerprint density at radius 2 is 0.911 bits per heavy atom. The van der Waals surface area contributed by atoms with Crippen LogP contribution in [-0.2, 0) is 10.8 Å². The van der Waals surface area contributed by atoms with E-state index in [1.54, 1.807) is 0 Å². The molecule has 0 saturated carbocycles. The Bertz CT molecular complexity index is 3000. The number of benzene rings is 8.